The Morgan fingerprint density at radius 3 is 2.94 bits per heavy atom. The van der Waals surface area contributed by atoms with Gasteiger partial charge in [-0.1, -0.05) is 0 Å². The zero-order valence-electron chi connectivity index (χ0n) is 9.10. The Balaban J connectivity index is 2.48. The van der Waals surface area contributed by atoms with E-state index in [0.717, 1.165) is 5.57 Å². The van der Waals surface area contributed by atoms with Crippen molar-refractivity contribution in [3.05, 3.63) is 23.9 Å². The monoisotopic (exact) mass is 220 g/mol. The molecule has 0 unspecified atom stereocenters. The summed E-state index contributed by atoms with van der Waals surface area (Å²) in [5.41, 5.74) is -0.400. The Labute approximate surface area is 92.8 Å². The van der Waals surface area contributed by atoms with Gasteiger partial charge in [0, 0.05) is 6.20 Å². The lowest BCUT2D eigenvalue weighted by Crippen LogP contribution is -2.48. The minimum Gasteiger partial charge on any atom is -0.479 e. The number of carboxylic acids is 1. The van der Waals surface area contributed by atoms with Crippen LogP contribution in [0.4, 0.5) is 0 Å². The van der Waals surface area contributed by atoms with Crippen LogP contribution in [0.2, 0.25) is 0 Å². The van der Waals surface area contributed by atoms with Crippen LogP contribution in [-0.4, -0.2) is 33.3 Å². The van der Waals surface area contributed by atoms with E-state index in [1.807, 2.05) is 6.92 Å². The summed E-state index contributed by atoms with van der Waals surface area (Å²) in [6.45, 7) is 3.33. The number of rotatable bonds is 1. The van der Waals surface area contributed by atoms with Crippen molar-refractivity contribution in [2.75, 3.05) is 0 Å². The second kappa shape index (κ2) is 3.30. The highest BCUT2D eigenvalue weighted by molar-refractivity contribution is 6.11. The molecule has 0 aliphatic carbocycles. The Kier molecular flexibility index (Phi) is 2.18. The molecule has 0 spiro atoms. The first-order valence-corrected chi connectivity index (χ1v) is 4.94. The zero-order chi connectivity index (χ0) is 11.9. The molecule has 0 saturated heterocycles. The second-order valence-corrected chi connectivity index (χ2v) is 4.19. The van der Waals surface area contributed by atoms with Gasteiger partial charge in [-0.2, -0.15) is 0 Å². The summed E-state index contributed by atoms with van der Waals surface area (Å²) in [4.78, 5) is 28.3. The third kappa shape index (κ3) is 1.54. The van der Waals surface area contributed by atoms with Crippen LogP contribution in [0, 0.1) is 0 Å². The van der Waals surface area contributed by atoms with E-state index in [9.17, 15) is 9.59 Å². The number of aliphatic carboxylic acids is 1. The summed E-state index contributed by atoms with van der Waals surface area (Å²) >= 11 is 0. The van der Waals surface area contributed by atoms with E-state index in [2.05, 4.69) is 4.99 Å². The molecule has 5 heteroatoms. The Morgan fingerprint density at radius 1 is 1.62 bits per heavy atom. The van der Waals surface area contributed by atoms with Crippen molar-refractivity contribution in [3.8, 4) is 0 Å². The zero-order valence-corrected chi connectivity index (χ0v) is 9.10. The Hall–Kier alpha value is -1.91. The highest BCUT2D eigenvalue weighted by Crippen LogP contribution is 2.26. The number of hydrogen-bond donors (Lipinski definition) is 1. The van der Waals surface area contributed by atoms with Crippen molar-refractivity contribution >= 4 is 17.7 Å². The lowest BCUT2D eigenvalue weighted by molar-refractivity contribution is -0.146. The number of nitrogens with zero attached hydrogens (tertiary/aromatic N) is 2. The number of aliphatic imine (C=N–C) groups is 1. The van der Waals surface area contributed by atoms with Crippen molar-refractivity contribution in [2.24, 2.45) is 4.99 Å². The predicted octanol–water partition coefficient (Wildman–Crippen LogP) is 0.934. The Morgan fingerprint density at radius 2 is 2.31 bits per heavy atom. The van der Waals surface area contributed by atoms with E-state index in [-0.39, 0.29) is 12.3 Å². The van der Waals surface area contributed by atoms with Crippen LogP contribution in [0.25, 0.3) is 0 Å². The molecular weight excluding hydrogens is 208 g/mol. The molecule has 5 nitrogen and oxygen atoms in total. The van der Waals surface area contributed by atoms with Gasteiger partial charge in [-0.25, -0.2) is 9.79 Å². The van der Waals surface area contributed by atoms with Gasteiger partial charge in [-0.05, 0) is 31.6 Å². The quantitative estimate of drug-likeness (QED) is 0.714. The largest absolute Gasteiger partial charge is 0.479 e. The van der Waals surface area contributed by atoms with Gasteiger partial charge in [-0.3, -0.25) is 9.69 Å². The average Bonchev–Trinajstić information content (AvgIpc) is 2.16. The summed E-state index contributed by atoms with van der Waals surface area (Å²) in [5.74, 6) is -0.912. The van der Waals surface area contributed by atoms with Crippen LogP contribution in [0.1, 0.15) is 20.3 Å². The van der Waals surface area contributed by atoms with Crippen molar-refractivity contribution < 1.29 is 14.7 Å². The minimum atomic E-state index is -1.34. The third-order valence-electron chi connectivity index (χ3n) is 2.68. The number of amidine groups is 1. The van der Waals surface area contributed by atoms with Crippen molar-refractivity contribution in [1.82, 2.24) is 4.90 Å². The summed E-state index contributed by atoms with van der Waals surface area (Å²) in [6.07, 6.45) is 5.01. The maximum atomic E-state index is 11.8. The van der Waals surface area contributed by atoms with Gasteiger partial charge in [0.25, 0.3) is 0 Å². The van der Waals surface area contributed by atoms with E-state index in [4.69, 9.17) is 5.11 Å². The average molecular weight is 220 g/mol. The highest BCUT2D eigenvalue weighted by Gasteiger charge is 2.41. The van der Waals surface area contributed by atoms with E-state index >= 15 is 0 Å². The van der Waals surface area contributed by atoms with E-state index in [1.165, 1.54) is 11.8 Å². The first-order valence-electron chi connectivity index (χ1n) is 4.94. The molecule has 1 atom stereocenters. The highest BCUT2D eigenvalue weighted by atomic mass is 16.4. The fourth-order valence-electron chi connectivity index (χ4n) is 1.68. The maximum absolute atomic E-state index is 11.8. The number of hydrogen-bond acceptors (Lipinski definition) is 3. The molecule has 0 saturated carbocycles. The van der Waals surface area contributed by atoms with Crippen LogP contribution in [0.3, 0.4) is 0 Å². The fraction of sp³-hybridized carbons (Fsp3) is 0.364. The van der Waals surface area contributed by atoms with Gasteiger partial charge >= 0.3 is 5.97 Å². The van der Waals surface area contributed by atoms with Crippen LogP contribution in [0.5, 0.6) is 0 Å². The molecule has 0 aromatic carbocycles. The van der Waals surface area contributed by atoms with E-state index in [1.54, 1.807) is 18.4 Å². The van der Waals surface area contributed by atoms with Crippen LogP contribution in [0.15, 0.2) is 28.9 Å². The molecule has 0 radical (unpaired) electrons. The summed E-state index contributed by atoms with van der Waals surface area (Å²) in [5, 5.41) is 9.05. The third-order valence-corrected chi connectivity index (χ3v) is 2.68. The Bertz CT molecular complexity index is 462. The topological polar surface area (TPSA) is 70.0 Å². The van der Waals surface area contributed by atoms with Crippen LogP contribution < -0.4 is 0 Å². The molecule has 1 N–H and O–H groups in total. The molecule has 2 aliphatic rings. The van der Waals surface area contributed by atoms with Crippen LogP contribution >= 0.6 is 0 Å². The van der Waals surface area contributed by atoms with Crippen molar-refractivity contribution in [2.45, 2.75) is 25.8 Å². The number of carbonyl (C=O) groups excluding carboxylic acids is 1. The molecule has 2 heterocycles. The smallest absolute Gasteiger partial charge is 0.331 e. The summed E-state index contributed by atoms with van der Waals surface area (Å²) in [6, 6.07) is 0. The van der Waals surface area contributed by atoms with Crippen molar-refractivity contribution in [3.63, 3.8) is 0 Å². The van der Waals surface area contributed by atoms with Crippen molar-refractivity contribution in [1.29, 1.82) is 0 Å². The molecule has 2 aliphatic heterocycles. The summed E-state index contributed by atoms with van der Waals surface area (Å²) < 4.78 is 0. The molecule has 0 bridgehead atoms. The SMILES string of the molecule is CC1=CC2=N[C@](C)(C(=O)O)CC(=O)N2C=C1. The molecule has 84 valence electrons. The lowest BCUT2D eigenvalue weighted by Gasteiger charge is -2.32. The molecule has 0 aromatic heterocycles. The first-order chi connectivity index (χ1) is 7.42. The lowest BCUT2D eigenvalue weighted by atomic mass is 9.95. The first kappa shape index (κ1) is 10.6. The van der Waals surface area contributed by atoms with Gasteiger partial charge in [-0.15, -0.1) is 0 Å². The number of amides is 1. The minimum absolute atomic E-state index is 0.108. The normalized spacial score (nSPS) is 28.4. The molecule has 2 rings (SSSR count). The van der Waals surface area contributed by atoms with Crippen LogP contribution in [-0.2, 0) is 9.59 Å². The van der Waals surface area contributed by atoms with E-state index in [0.29, 0.717) is 5.84 Å². The molecule has 0 fully saturated rings. The number of fused-ring (bicyclic) bond motifs is 1. The molecule has 16 heavy (non-hydrogen) atoms. The van der Waals surface area contributed by atoms with Gasteiger partial charge in [0.05, 0.1) is 6.42 Å². The number of carbonyl (C=O) groups is 2. The maximum Gasteiger partial charge on any atom is 0.331 e. The fourth-order valence-corrected chi connectivity index (χ4v) is 1.68. The standard InChI is InChI=1S/C11H12N2O3/c1-7-3-4-13-8(5-7)12-11(2,10(15)16)6-9(13)14/h3-5H,6H2,1-2H3,(H,15,16)/t11-/m0/s1. The molecule has 1 amide bonds. The van der Waals surface area contributed by atoms with Gasteiger partial charge < -0.3 is 5.11 Å². The van der Waals surface area contributed by atoms with Gasteiger partial charge in [0.15, 0.2) is 5.54 Å². The number of allylic oxidation sites excluding steroid dienone is 2. The summed E-state index contributed by atoms with van der Waals surface area (Å²) in [7, 11) is 0. The molecular formula is C11H12N2O3. The van der Waals surface area contributed by atoms with Gasteiger partial charge in [0.2, 0.25) is 5.91 Å². The number of carboxylic acid groups (broad SMARTS) is 1. The predicted molar refractivity (Wildman–Crippen MR) is 57.8 cm³/mol. The van der Waals surface area contributed by atoms with E-state index < -0.39 is 11.5 Å². The molecule has 0 aromatic rings. The van der Waals surface area contributed by atoms with Gasteiger partial charge in [0.1, 0.15) is 5.84 Å². The second-order valence-electron chi connectivity index (χ2n) is 4.19.